The van der Waals surface area contributed by atoms with Gasteiger partial charge >= 0.3 is 0 Å². The van der Waals surface area contributed by atoms with Gasteiger partial charge in [-0.25, -0.2) is 0 Å². The van der Waals surface area contributed by atoms with E-state index < -0.39 is 0 Å². The van der Waals surface area contributed by atoms with Gasteiger partial charge in [0.15, 0.2) is 0 Å². The van der Waals surface area contributed by atoms with Gasteiger partial charge in [-0.05, 0) is 30.5 Å². The van der Waals surface area contributed by atoms with E-state index in [2.05, 4.69) is 16.0 Å². The van der Waals surface area contributed by atoms with Crippen LogP contribution in [0.1, 0.15) is 16.8 Å². The van der Waals surface area contributed by atoms with Crippen molar-refractivity contribution in [3.05, 3.63) is 29.1 Å². The van der Waals surface area contributed by atoms with E-state index in [1.165, 1.54) is 11.1 Å². The number of pyridine rings is 1. The third-order valence-corrected chi connectivity index (χ3v) is 2.73. The molecule has 1 N–H and O–H groups in total. The lowest BCUT2D eigenvalue weighted by molar-refractivity contribution is 0.184. The smallest absolute Gasteiger partial charge is 0.0558 e. The Morgan fingerprint density at radius 3 is 3.14 bits per heavy atom. The molecule has 1 aliphatic heterocycles. The van der Waals surface area contributed by atoms with Crippen LogP contribution >= 0.6 is 0 Å². The lowest BCUT2D eigenvalue weighted by Gasteiger charge is -2.27. The third-order valence-electron chi connectivity index (χ3n) is 2.73. The monoisotopic (exact) mass is 192 g/mol. The van der Waals surface area contributed by atoms with Crippen molar-refractivity contribution in [1.82, 2.24) is 9.88 Å². The minimum Gasteiger partial charge on any atom is -0.395 e. The number of aliphatic hydroxyl groups excluding tert-OH is 1. The number of hydrogen-bond acceptors (Lipinski definition) is 3. The predicted molar refractivity (Wildman–Crippen MR) is 55.0 cm³/mol. The number of nitrogens with zero attached hydrogens (tertiary/aromatic N) is 2. The number of β-amino-alcohol motifs (C(OH)–C–C–N with tert-alkyl or cyclic N) is 1. The van der Waals surface area contributed by atoms with Gasteiger partial charge in [0.25, 0.3) is 0 Å². The highest BCUT2D eigenvalue weighted by molar-refractivity contribution is 5.28. The van der Waals surface area contributed by atoms with Gasteiger partial charge in [0.05, 0.1) is 6.61 Å². The molecule has 14 heavy (non-hydrogen) atoms. The second-order valence-corrected chi connectivity index (χ2v) is 3.84. The standard InChI is InChI=1S/C11H16N2O/c1-9-6-11-8-13(4-5-14)3-2-10(11)7-12-9/h6-7,14H,2-5,8H2,1H3. The molecule has 0 saturated heterocycles. The molecule has 0 saturated carbocycles. The molecule has 76 valence electrons. The number of rotatable bonds is 2. The van der Waals surface area contributed by atoms with Crippen LogP contribution in [0.2, 0.25) is 0 Å². The normalized spacial score (nSPS) is 16.7. The fraction of sp³-hybridized carbons (Fsp3) is 0.545. The Bertz CT molecular complexity index is 325. The van der Waals surface area contributed by atoms with Crippen molar-refractivity contribution in [2.45, 2.75) is 19.9 Å². The maximum absolute atomic E-state index is 8.87. The molecule has 0 atom stereocenters. The lowest BCUT2D eigenvalue weighted by Crippen LogP contribution is -2.32. The quantitative estimate of drug-likeness (QED) is 0.751. The predicted octanol–water partition coefficient (Wildman–Crippen LogP) is 0.740. The summed E-state index contributed by atoms with van der Waals surface area (Å²) in [5.74, 6) is 0. The van der Waals surface area contributed by atoms with Gasteiger partial charge < -0.3 is 5.11 Å². The molecular weight excluding hydrogens is 176 g/mol. The zero-order valence-corrected chi connectivity index (χ0v) is 8.53. The van der Waals surface area contributed by atoms with Crippen LogP contribution in [0.5, 0.6) is 0 Å². The van der Waals surface area contributed by atoms with Gasteiger partial charge in [0.2, 0.25) is 0 Å². The second-order valence-electron chi connectivity index (χ2n) is 3.84. The van der Waals surface area contributed by atoms with Crippen molar-refractivity contribution in [1.29, 1.82) is 0 Å². The summed E-state index contributed by atoms with van der Waals surface area (Å²) < 4.78 is 0. The molecule has 0 spiro atoms. The topological polar surface area (TPSA) is 36.4 Å². The Kier molecular flexibility index (Phi) is 2.79. The Balaban J connectivity index is 2.16. The number of hydrogen-bond donors (Lipinski definition) is 1. The lowest BCUT2D eigenvalue weighted by atomic mass is 10.0. The molecule has 0 bridgehead atoms. The molecule has 0 aliphatic carbocycles. The molecule has 3 heteroatoms. The van der Waals surface area contributed by atoms with E-state index >= 15 is 0 Å². The average molecular weight is 192 g/mol. The SMILES string of the molecule is Cc1cc2c(cn1)CCN(CCO)C2. The first-order valence-corrected chi connectivity index (χ1v) is 5.07. The summed E-state index contributed by atoms with van der Waals surface area (Å²) >= 11 is 0. The fourth-order valence-electron chi connectivity index (χ4n) is 1.95. The molecule has 0 aromatic carbocycles. The highest BCUT2D eigenvalue weighted by atomic mass is 16.3. The Morgan fingerprint density at radius 2 is 2.36 bits per heavy atom. The molecule has 2 rings (SSSR count). The Morgan fingerprint density at radius 1 is 1.50 bits per heavy atom. The fourth-order valence-corrected chi connectivity index (χ4v) is 1.95. The highest BCUT2D eigenvalue weighted by Gasteiger charge is 2.15. The van der Waals surface area contributed by atoms with E-state index in [0.717, 1.165) is 31.7 Å². The van der Waals surface area contributed by atoms with E-state index in [-0.39, 0.29) is 6.61 Å². The Hall–Kier alpha value is -0.930. The summed E-state index contributed by atoms with van der Waals surface area (Å²) in [7, 11) is 0. The van der Waals surface area contributed by atoms with Gasteiger partial charge in [0.1, 0.15) is 0 Å². The molecule has 0 unspecified atom stereocenters. The minimum absolute atomic E-state index is 0.249. The molecule has 1 aromatic heterocycles. The maximum atomic E-state index is 8.87. The third kappa shape index (κ3) is 1.94. The summed E-state index contributed by atoms with van der Waals surface area (Å²) in [5.41, 5.74) is 3.82. The number of aryl methyl sites for hydroxylation is 1. The summed E-state index contributed by atoms with van der Waals surface area (Å²) in [6, 6.07) is 2.15. The van der Waals surface area contributed by atoms with Crippen LogP contribution in [-0.2, 0) is 13.0 Å². The van der Waals surface area contributed by atoms with Gasteiger partial charge in [-0.1, -0.05) is 0 Å². The van der Waals surface area contributed by atoms with Crippen molar-refractivity contribution in [2.24, 2.45) is 0 Å². The minimum atomic E-state index is 0.249. The first-order chi connectivity index (χ1) is 6.79. The van der Waals surface area contributed by atoms with Crippen molar-refractivity contribution >= 4 is 0 Å². The van der Waals surface area contributed by atoms with Crippen LogP contribution in [0, 0.1) is 6.92 Å². The van der Waals surface area contributed by atoms with Crippen LogP contribution in [0.25, 0.3) is 0 Å². The van der Waals surface area contributed by atoms with Gasteiger partial charge in [-0.3, -0.25) is 9.88 Å². The number of aromatic nitrogens is 1. The maximum Gasteiger partial charge on any atom is 0.0558 e. The van der Waals surface area contributed by atoms with Crippen molar-refractivity contribution < 1.29 is 5.11 Å². The van der Waals surface area contributed by atoms with Gasteiger partial charge in [0, 0.05) is 31.5 Å². The molecule has 3 nitrogen and oxygen atoms in total. The van der Waals surface area contributed by atoms with E-state index in [4.69, 9.17) is 5.11 Å². The summed E-state index contributed by atoms with van der Waals surface area (Å²) in [4.78, 5) is 6.58. The van der Waals surface area contributed by atoms with Crippen molar-refractivity contribution in [3.8, 4) is 0 Å². The van der Waals surface area contributed by atoms with E-state index in [1.54, 1.807) is 0 Å². The number of aliphatic hydroxyl groups is 1. The molecule has 0 fully saturated rings. The van der Waals surface area contributed by atoms with Crippen molar-refractivity contribution in [3.63, 3.8) is 0 Å². The second kappa shape index (κ2) is 4.07. The summed E-state index contributed by atoms with van der Waals surface area (Å²) in [6.45, 7) is 5.04. The zero-order chi connectivity index (χ0) is 9.97. The molecule has 2 heterocycles. The van der Waals surface area contributed by atoms with Gasteiger partial charge in [-0.2, -0.15) is 0 Å². The van der Waals surface area contributed by atoms with Gasteiger partial charge in [-0.15, -0.1) is 0 Å². The van der Waals surface area contributed by atoms with Crippen molar-refractivity contribution in [2.75, 3.05) is 19.7 Å². The van der Waals surface area contributed by atoms with Crippen LogP contribution in [0.15, 0.2) is 12.3 Å². The van der Waals surface area contributed by atoms with E-state index in [0.29, 0.717) is 0 Å². The molecular formula is C11H16N2O. The number of fused-ring (bicyclic) bond motifs is 1. The van der Waals surface area contributed by atoms with Crippen LogP contribution in [0.3, 0.4) is 0 Å². The van der Waals surface area contributed by atoms with E-state index in [9.17, 15) is 0 Å². The van der Waals surface area contributed by atoms with Crippen LogP contribution < -0.4 is 0 Å². The first-order valence-electron chi connectivity index (χ1n) is 5.07. The van der Waals surface area contributed by atoms with E-state index in [1.807, 2.05) is 13.1 Å². The molecule has 0 amide bonds. The average Bonchev–Trinajstić information content (AvgIpc) is 2.17. The summed E-state index contributed by atoms with van der Waals surface area (Å²) in [5, 5.41) is 8.87. The molecule has 1 aromatic rings. The molecule has 0 radical (unpaired) electrons. The zero-order valence-electron chi connectivity index (χ0n) is 8.53. The Labute approximate surface area is 84.4 Å². The van der Waals surface area contributed by atoms with Crippen LogP contribution in [-0.4, -0.2) is 34.7 Å². The van der Waals surface area contributed by atoms with Crippen LogP contribution in [0.4, 0.5) is 0 Å². The highest BCUT2D eigenvalue weighted by Crippen LogP contribution is 2.18. The largest absolute Gasteiger partial charge is 0.395 e. The first kappa shape index (κ1) is 9.62. The summed E-state index contributed by atoms with van der Waals surface area (Å²) in [6.07, 6.45) is 3.05. The molecule has 1 aliphatic rings.